The van der Waals surface area contributed by atoms with Crippen LogP contribution in [-0.2, 0) is 29.0 Å². The molecule has 146 valence electrons. The quantitative estimate of drug-likeness (QED) is 0.455. The minimum absolute atomic E-state index is 0.0113. The van der Waals surface area contributed by atoms with Crippen LogP contribution in [0.1, 0.15) is 35.6 Å². The Kier molecular flexibility index (Phi) is 6.09. The van der Waals surface area contributed by atoms with Crippen molar-refractivity contribution in [3.8, 4) is 0 Å². The third kappa shape index (κ3) is 4.76. The Balaban J connectivity index is 1.48. The van der Waals surface area contributed by atoms with Crippen molar-refractivity contribution in [2.24, 2.45) is 11.7 Å². The summed E-state index contributed by atoms with van der Waals surface area (Å²) >= 11 is 0. The average Bonchev–Trinajstić information content (AvgIpc) is 2.71. The lowest BCUT2D eigenvalue weighted by molar-refractivity contribution is -0.131. The van der Waals surface area contributed by atoms with E-state index in [2.05, 4.69) is 22.8 Å². The van der Waals surface area contributed by atoms with Crippen LogP contribution < -0.4 is 16.4 Å². The van der Waals surface area contributed by atoms with Crippen molar-refractivity contribution in [1.82, 2.24) is 10.6 Å². The highest BCUT2D eigenvalue weighted by Gasteiger charge is 2.26. The summed E-state index contributed by atoms with van der Waals surface area (Å²) in [6.07, 6.45) is 2.42. The van der Waals surface area contributed by atoms with Gasteiger partial charge >= 0.3 is 0 Å². The number of aryl methyl sites for hydroxylation is 1. The van der Waals surface area contributed by atoms with E-state index in [1.54, 1.807) is 19.1 Å². The standard InChI is InChI=1S/C22H26N4O2/c1-14(21(27)25-13-15-6-8-17(9-7-15)20(23)24)26-22(28)19-11-10-16-4-2-3-5-18(16)12-19/h2-9,14,19H,10-13H2,1H3,(H3,23,24)(H,25,27)(H,26,28)/t14-,19-/m0/s1. The number of carbonyl (C=O) groups excluding carboxylic acids is 2. The molecular weight excluding hydrogens is 352 g/mol. The highest BCUT2D eigenvalue weighted by molar-refractivity contribution is 5.94. The molecule has 1 aliphatic rings. The number of benzene rings is 2. The van der Waals surface area contributed by atoms with E-state index < -0.39 is 6.04 Å². The Morgan fingerprint density at radius 3 is 2.50 bits per heavy atom. The molecule has 5 N–H and O–H groups in total. The summed E-state index contributed by atoms with van der Waals surface area (Å²) in [4.78, 5) is 24.9. The van der Waals surface area contributed by atoms with Gasteiger partial charge in [0.1, 0.15) is 11.9 Å². The SMILES string of the molecule is C[C@H](NC(=O)[C@H]1CCc2ccccc2C1)C(=O)NCc1ccc(C(=N)N)cc1. The molecule has 28 heavy (non-hydrogen) atoms. The first-order valence-electron chi connectivity index (χ1n) is 9.52. The lowest BCUT2D eigenvalue weighted by Crippen LogP contribution is -2.47. The third-order valence-corrected chi connectivity index (χ3v) is 5.20. The lowest BCUT2D eigenvalue weighted by atomic mass is 9.83. The average molecular weight is 378 g/mol. The largest absolute Gasteiger partial charge is 0.384 e. The Morgan fingerprint density at radius 1 is 1.14 bits per heavy atom. The summed E-state index contributed by atoms with van der Waals surface area (Å²) in [5.41, 5.74) is 9.52. The van der Waals surface area contributed by atoms with Gasteiger partial charge in [0.05, 0.1) is 0 Å². The minimum Gasteiger partial charge on any atom is -0.384 e. The maximum Gasteiger partial charge on any atom is 0.242 e. The van der Waals surface area contributed by atoms with Gasteiger partial charge in [-0.05, 0) is 42.9 Å². The fourth-order valence-electron chi connectivity index (χ4n) is 3.46. The highest BCUT2D eigenvalue weighted by atomic mass is 16.2. The first kappa shape index (κ1) is 19.6. The van der Waals surface area contributed by atoms with Crippen molar-refractivity contribution in [2.75, 3.05) is 0 Å². The molecule has 6 nitrogen and oxygen atoms in total. The second-order valence-corrected chi connectivity index (χ2v) is 7.27. The summed E-state index contributed by atoms with van der Waals surface area (Å²) in [5.74, 6) is -0.371. The molecule has 0 aromatic heterocycles. The van der Waals surface area contributed by atoms with Gasteiger partial charge in [0, 0.05) is 18.0 Å². The smallest absolute Gasteiger partial charge is 0.242 e. The number of hydrogen-bond acceptors (Lipinski definition) is 3. The van der Waals surface area contributed by atoms with E-state index in [9.17, 15) is 9.59 Å². The van der Waals surface area contributed by atoms with E-state index in [1.165, 1.54) is 11.1 Å². The van der Waals surface area contributed by atoms with Crippen molar-refractivity contribution in [3.63, 3.8) is 0 Å². The molecule has 0 bridgehead atoms. The van der Waals surface area contributed by atoms with E-state index >= 15 is 0 Å². The summed E-state index contributed by atoms with van der Waals surface area (Å²) in [6, 6.07) is 14.7. The molecule has 6 heteroatoms. The van der Waals surface area contributed by atoms with Crippen LogP contribution in [-0.4, -0.2) is 23.7 Å². The third-order valence-electron chi connectivity index (χ3n) is 5.20. The first-order valence-corrected chi connectivity index (χ1v) is 9.52. The van der Waals surface area contributed by atoms with Gasteiger partial charge < -0.3 is 16.4 Å². The Labute approximate surface area is 165 Å². The van der Waals surface area contributed by atoms with Gasteiger partial charge in [-0.2, -0.15) is 0 Å². The molecule has 2 atom stereocenters. The van der Waals surface area contributed by atoms with Gasteiger partial charge in [-0.3, -0.25) is 15.0 Å². The zero-order valence-corrected chi connectivity index (χ0v) is 16.0. The molecular formula is C22H26N4O2. The minimum atomic E-state index is -0.596. The van der Waals surface area contributed by atoms with Gasteiger partial charge in [-0.25, -0.2) is 0 Å². The molecule has 2 aromatic carbocycles. The number of amides is 2. The number of rotatable bonds is 6. The molecule has 0 saturated carbocycles. The number of amidine groups is 1. The Hall–Kier alpha value is -3.15. The van der Waals surface area contributed by atoms with Crippen LogP contribution in [0.3, 0.4) is 0 Å². The number of nitrogens with two attached hydrogens (primary N) is 1. The summed E-state index contributed by atoms with van der Waals surface area (Å²) < 4.78 is 0. The number of nitrogens with one attached hydrogen (secondary N) is 3. The molecule has 0 radical (unpaired) electrons. The van der Waals surface area contributed by atoms with Crippen LogP contribution in [0.2, 0.25) is 0 Å². The number of fused-ring (bicyclic) bond motifs is 1. The van der Waals surface area contributed by atoms with Crippen molar-refractivity contribution in [3.05, 3.63) is 70.8 Å². The molecule has 0 spiro atoms. The van der Waals surface area contributed by atoms with Crippen LogP contribution >= 0.6 is 0 Å². The van der Waals surface area contributed by atoms with Crippen molar-refractivity contribution in [1.29, 1.82) is 5.41 Å². The molecule has 2 aromatic rings. The molecule has 0 heterocycles. The summed E-state index contributed by atoms with van der Waals surface area (Å²) in [5, 5.41) is 13.1. The molecule has 3 rings (SSSR count). The fourth-order valence-corrected chi connectivity index (χ4v) is 3.46. The van der Waals surface area contributed by atoms with E-state index in [4.69, 9.17) is 11.1 Å². The maximum absolute atomic E-state index is 12.6. The summed E-state index contributed by atoms with van der Waals surface area (Å²) in [6.45, 7) is 2.05. The maximum atomic E-state index is 12.6. The second-order valence-electron chi connectivity index (χ2n) is 7.27. The molecule has 0 unspecified atom stereocenters. The second kappa shape index (κ2) is 8.69. The predicted molar refractivity (Wildman–Crippen MR) is 109 cm³/mol. The fraction of sp³-hybridized carbons (Fsp3) is 0.318. The van der Waals surface area contributed by atoms with Gasteiger partial charge in [-0.15, -0.1) is 0 Å². The molecule has 0 saturated heterocycles. The highest BCUT2D eigenvalue weighted by Crippen LogP contribution is 2.25. The Morgan fingerprint density at radius 2 is 1.82 bits per heavy atom. The number of nitrogen functional groups attached to an aromatic ring is 1. The van der Waals surface area contributed by atoms with Gasteiger partial charge in [0.15, 0.2) is 0 Å². The first-order chi connectivity index (χ1) is 13.4. The Bertz CT molecular complexity index is 876. The van der Waals surface area contributed by atoms with Crippen LogP contribution in [0.5, 0.6) is 0 Å². The van der Waals surface area contributed by atoms with Crippen molar-refractivity contribution >= 4 is 17.6 Å². The van der Waals surface area contributed by atoms with E-state index in [-0.39, 0.29) is 23.6 Å². The van der Waals surface area contributed by atoms with Crippen LogP contribution in [0.4, 0.5) is 0 Å². The zero-order valence-electron chi connectivity index (χ0n) is 16.0. The van der Waals surface area contributed by atoms with Gasteiger partial charge in [0.25, 0.3) is 0 Å². The normalized spacial score (nSPS) is 16.5. The molecule has 0 fully saturated rings. The summed E-state index contributed by atoms with van der Waals surface area (Å²) in [7, 11) is 0. The molecule has 1 aliphatic carbocycles. The van der Waals surface area contributed by atoms with Crippen LogP contribution in [0, 0.1) is 11.3 Å². The monoisotopic (exact) mass is 378 g/mol. The predicted octanol–water partition coefficient (Wildman–Crippen LogP) is 1.90. The van der Waals surface area contributed by atoms with Gasteiger partial charge in [-0.1, -0.05) is 48.5 Å². The molecule has 2 amide bonds. The van der Waals surface area contributed by atoms with Gasteiger partial charge in [0.2, 0.25) is 11.8 Å². The van der Waals surface area contributed by atoms with Crippen molar-refractivity contribution in [2.45, 2.75) is 38.8 Å². The van der Waals surface area contributed by atoms with E-state index in [0.717, 1.165) is 24.8 Å². The zero-order chi connectivity index (χ0) is 20.1. The molecule has 0 aliphatic heterocycles. The van der Waals surface area contributed by atoms with E-state index in [1.807, 2.05) is 24.3 Å². The number of carbonyl (C=O) groups is 2. The number of hydrogen-bond donors (Lipinski definition) is 4. The topological polar surface area (TPSA) is 108 Å². The lowest BCUT2D eigenvalue weighted by Gasteiger charge is -2.25. The van der Waals surface area contributed by atoms with E-state index in [0.29, 0.717) is 12.1 Å². The van der Waals surface area contributed by atoms with Crippen LogP contribution in [0.15, 0.2) is 48.5 Å². The van der Waals surface area contributed by atoms with Crippen LogP contribution in [0.25, 0.3) is 0 Å². The van der Waals surface area contributed by atoms with Crippen molar-refractivity contribution < 1.29 is 9.59 Å².